The number of anilines is 1. The van der Waals surface area contributed by atoms with Crippen LogP contribution >= 0.6 is 22.7 Å². The molecule has 7 heteroatoms. The first-order valence-corrected chi connectivity index (χ1v) is 12.7. The molecule has 164 valence electrons. The molecule has 2 aromatic heterocycles. The Hall–Kier alpha value is -2.82. The lowest BCUT2D eigenvalue weighted by atomic mass is 9.93. The molecule has 0 N–H and O–H groups in total. The number of hydrogen-bond donors (Lipinski definition) is 0. The molecule has 5 nitrogen and oxygen atoms in total. The van der Waals surface area contributed by atoms with Gasteiger partial charge in [-0.3, -0.25) is 4.79 Å². The topological polar surface area (TPSA) is 68.8 Å². The summed E-state index contributed by atoms with van der Waals surface area (Å²) in [5.41, 5.74) is 4.83. The molecule has 2 heterocycles. The van der Waals surface area contributed by atoms with E-state index in [-0.39, 0.29) is 5.78 Å². The summed E-state index contributed by atoms with van der Waals surface area (Å²) in [7, 11) is 0. The van der Waals surface area contributed by atoms with Gasteiger partial charge in [-0.25, -0.2) is 0 Å². The summed E-state index contributed by atoms with van der Waals surface area (Å²) in [5.74, 6) is 0.0662. The number of carbonyl (C=O) groups is 1. The van der Waals surface area contributed by atoms with E-state index in [2.05, 4.69) is 34.2 Å². The van der Waals surface area contributed by atoms with Crippen molar-refractivity contribution in [2.75, 3.05) is 18.0 Å². The third-order valence-corrected chi connectivity index (χ3v) is 7.84. The molecule has 0 saturated carbocycles. The summed E-state index contributed by atoms with van der Waals surface area (Å²) in [6, 6.07) is 12.1. The quantitative estimate of drug-likeness (QED) is 0.259. The van der Waals surface area contributed by atoms with Gasteiger partial charge in [0.25, 0.3) is 0 Å². The van der Waals surface area contributed by atoms with Crippen LogP contribution < -0.4 is 4.90 Å². The van der Waals surface area contributed by atoms with Crippen molar-refractivity contribution in [1.29, 1.82) is 5.26 Å². The molecule has 0 saturated heterocycles. The number of thiophene rings is 2. The molecule has 4 rings (SSSR count). The van der Waals surface area contributed by atoms with Crippen LogP contribution in [0.25, 0.3) is 0 Å². The van der Waals surface area contributed by atoms with Gasteiger partial charge in [-0.1, -0.05) is 6.07 Å². The Labute approximate surface area is 197 Å². The summed E-state index contributed by atoms with van der Waals surface area (Å²) in [5, 5.41) is 20.7. The van der Waals surface area contributed by atoms with Crippen molar-refractivity contribution in [3.8, 4) is 6.07 Å². The first-order chi connectivity index (χ1) is 15.6. The Morgan fingerprint density at radius 1 is 1.22 bits per heavy atom. The molecule has 3 aromatic rings. The largest absolute Gasteiger partial charge is 0.371 e. The SMILES string of the molecule is CCN(CCC#N)c1ccc(N=Nc2sc3c(c2C(=O)c2cccs2)CCCC3)c(C)c1. The van der Waals surface area contributed by atoms with Crippen LogP contribution in [0.2, 0.25) is 0 Å². The number of rotatable bonds is 8. The van der Waals surface area contributed by atoms with Gasteiger partial charge in [0.05, 0.1) is 28.6 Å². The third kappa shape index (κ3) is 4.67. The van der Waals surface area contributed by atoms with Gasteiger partial charge in [0, 0.05) is 23.7 Å². The molecule has 32 heavy (non-hydrogen) atoms. The maximum atomic E-state index is 13.3. The zero-order valence-electron chi connectivity index (χ0n) is 18.4. The van der Waals surface area contributed by atoms with Gasteiger partial charge in [0.1, 0.15) is 0 Å². The second-order valence-electron chi connectivity index (χ2n) is 7.86. The Morgan fingerprint density at radius 3 is 2.78 bits per heavy atom. The highest BCUT2D eigenvalue weighted by Crippen LogP contribution is 2.42. The normalized spacial score (nSPS) is 13.2. The average molecular weight is 463 g/mol. The fourth-order valence-electron chi connectivity index (χ4n) is 4.09. The predicted octanol–water partition coefficient (Wildman–Crippen LogP) is 7.38. The molecular formula is C25H26N4OS2. The Balaban J connectivity index is 1.64. The first kappa shape index (κ1) is 22.4. The van der Waals surface area contributed by atoms with Crippen LogP contribution in [-0.2, 0) is 12.8 Å². The van der Waals surface area contributed by atoms with Crippen molar-refractivity contribution < 1.29 is 4.79 Å². The van der Waals surface area contributed by atoms with Crippen LogP contribution in [0, 0.1) is 18.3 Å². The Bertz CT molecular complexity index is 1170. The molecule has 0 fully saturated rings. The first-order valence-electron chi connectivity index (χ1n) is 11.0. The van der Waals surface area contributed by atoms with E-state index in [1.807, 2.05) is 36.6 Å². The maximum absolute atomic E-state index is 13.3. The van der Waals surface area contributed by atoms with Gasteiger partial charge in [-0.05, 0) is 80.3 Å². The number of hydrogen-bond acceptors (Lipinski definition) is 7. The molecular weight excluding hydrogens is 436 g/mol. The molecule has 1 aromatic carbocycles. The van der Waals surface area contributed by atoms with E-state index < -0.39 is 0 Å². The van der Waals surface area contributed by atoms with Crippen LogP contribution in [0.5, 0.6) is 0 Å². The van der Waals surface area contributed by atoms with Crippen LogP contribution in [0.1, 0.15) is 57.4 Å². The summed E-state index contributed by atoms with van der Waals surface area (Å²) in [4.78, 5) is 17.5. The van der Waals surface area contributed by atoms with E-state index >= 15 is 0 Å². The minimum Gasteiger partial charge on any atom is -0.371 e. The molecule has 0 radical (unpaired) electrons. The molecule has 1 aliphatic rings. The number of nitrogens with zero attached hydrogens (tertiary/aromatic N) is 4. The van der Waals surface area contributed by atoms with Crippen LogP contribution in [0.4, 0.5) is 16.4 Å². The van der Waals surface area contributed by atoms with Crippen molar-refractivity contribution in [3.63, 3.8) is 0 Å². The van der Waals surface area contributed by atoms with E-state index in [4.69, 9.17) is 5.26 Å². The highest BCUT2D eigenvalue weighted by Gasteiger charge is 2.26. The summed E-state index contributed by atoms with van der Waals surface area (Å²) in [6.45, 7) is 5.66. The second-order valence-corrected chi connectivity index (χ2v) is 9.89. The molecule has 0 atom stereocenters. The van der Waals surface area contributed by atoms with Crippen molar-refractivity contribution in [1.82, 2.24) is 0 Å². The molecule has 1 aliphatic carbocycles. The molecule has 0 spiro atoms. The lowest BCUT2D eigenvalue weighted by Gasteiger charge is -2.22. The third-order valence-electron chi connectivity index (χ3n) is 5.79. The second kappa shape index (κ2) is 10.2. The fourth-order valence-corrected chi connectivity index (χ4v) is 5.97. The van der Waals surface area contributed by atoms with Gasteiger partial charge in [0.2, 0.25) is 5.78 Å². The average Bonchev–Trinajstić information content (AvgIpc) is 3.47. The van der Waals surface area contributed by atoms with E-state index in [1.54, 1.807) is 11.3 Å². The van der Waals surface area contributed by atoms with Gasteiger partial charge >= 0.3 is 0 Å². The molecule has 0 aliphatic heterocycles. The lowest BCUT2D eigenvalue weighted by molar-refractivity contribution is 0.104. The summed E-state index contributed by atoms with van der Waals surface area (Å²) < 4.78 is 0. The zero-order valence-corrected chi connectivity index (χ0v) is 20.1. The Kier molecular flexibility index (Phi) is 7.13. The molecule has 0 amide bonds. The Morgan fingerprint density at radius 2 is 2.06 bits per heavy atom. The van der Waals surface area contributed by atoms with Gasteiger partial charge in [0.15, 0.2) is 5.00 Å². The minimum atomic E-state index is 0.0662. The number of ketones is 1. The lowest BCUT2D eigenvalue weighted by Crippen LogP contribution is -2.23. The highest BCUT2D eigenvalue weighted by molar-refractivity contribution is 7.17. The van der Waals surface area contributed by atoms with E-state index in [9.17, 15) is 4.79 Å². The number of nitriles is 1. The van der Waals surface area contributed by atoms with Crippen molar-refractivity contribution >= 4 is 44.8 Å². The molecule has 0 unspecified atom stereocenters. The summed E-state index contributed by atoms with van der Waals surface area (Å²) >= 11 is 3.09. The van der Waals surface area contributed by atoms with Crippen LogP contribution in [0.15, 0.2) is 45.9 Å². The van der Waals surface area contributed by atoms with Gasteiger partial charge in [-0.15, -0.1) is 32.9 Å². The number of aryl methyl sites for hydroxylation is 2. The van der Waals surface area contributed by atoms with Crippen LogP contribution in [0.3, 0.4) is 0 Å². The molecule has 0 bridgehead atoms. The van der Waals surface area contributed by atoms with Crippen molar-refractivity contribution in [2.24, 2.45) is 10.2 Å². The predicted molar refractivity (Wildman–Crippen MR) is 132 cm³/mol. The number of azo groups is 1. The zero-order chi connectivity index (χ0) is 22.5. The number of fused-ring (bicyclic) bond motifs is 1. The smallest absolute Gasteiger partial charge is 0.206 e. The van der Waals surface area contributed by atoms with E-state index in [0.717, 1.165) is 64.6 Å². The van der Waals surface area contributed by atoms with Gasteiger partial charge < -0.3 is 4.90 Å². The summed E-state index contributed by atoms with van der Waals surface area (Å²) in [6.07, 6.45) is 4.74. The van der Waals surface area contributed by atoms with Crippen LogP contribution in [-0.4, -0.2) is 18.9 Å². The standard InChI is InChI=1S/C25H26N4OS2/c1-3-29(14-7-13-26)18-11-12-20(17(2)16-18)27-28-25-23(24(30)22-10-6-15-31-22)19-8-4-5-9-21(19)32-25/h6,10-12,15-16H,3-5,7-9,14H2,1-2H3. The van der Waals surface area contributed by atoms with E-state index in [0.29, 0.717) is 13.0 Å². The van der Waals surface area contributed by atoms with Crippen molar-refractivity contribution in [3.05, 3.63) is 62.2 Å². The maximum Gasteiger partial charge on any atom is 0.206 e. The highest BCUT2D eigenvalue weighted by atomic mass is 32.1. The van der Waals surface area contributed by atoms with Gasteiger partial charge in [-0.2, -0.15) is 5.26 Å². The number of carbonyl (C=O) groups excluding carboxylic acids is 1. The minimum absolute atomic E-state index is 0.0662. The van der Waals surface area contributed by atoms with Crippen molar-refractivity contribution in [2.45, 2.75) is 46.0 Å². The monoisotopic (exact) mass is 462 g/mol. The van der Waals surface area contributed by atoms with E-state index in [1.165, 1.54) is 21.8 Å². The fraction of sp³-hybridized carbons (Fsp3) is 0.360. The number of benzene rings is 1.